The maximum Gasteiger partial charge on any atom is 0.253 e. The maximum absolute atomic E-state index is 13.8. The zero-order chi connectivity index (χ0) is 22.8. The van der Waals surface area contributed by atoms with Gasteiger partial charge in [-0.1, -0.05) is 36.4 Å². The van der Waals surface area contributed by atoms with Crippen LogP contribution in [0, 0.1) is 16.5 Å². The quantitative estimate of drug-likeness (QED) is 0.545. The van der Waals surface area contributed by atoms with Crippen LogP contribution in [-0.2, 0) is 9.59 Å². The number of piperidine rings is 2. The first-order chi connectivity index (χ1) is 15.8. The lowest BCUT2D eigenvalue weighted by Crippen LogP contribution is -2.83. The van der Waals surface area contributed by atoms with Gasteiger partial charge in [-0.25, -0.2) is 0 Å². The Bertz CT molecular complexity index is 1340. The minimum absolute atomic E-state index is 0.0118. The molecule has 2 unspecified atom stereocenters. The van der Waals surface area contributed by atoms with E-state index >= 15 is 0 Å². The fourth-order valence-corrected chi connectivity index (χ4v) is 7.30. The van der Waals surface area contributed by atoms with Gasteiger partial charge < -0.3 is 15.4 Å². The van der Waals surface area contributed by atoms with Gasteiger partial charge in [0, 0.05) is 18.5 Å². The van der Waals surface area contributed by atoms with Crippen LogP contribution in [0.1, 0.15) is 38.7 Å². The smallest absolute Gasteiger partial charge is 0.253 e. The van der Waals surface area contributed by atoms with Gasteiger partial charge in [-0.2, -0.15) is 4.74 Å². The topological polar surface area (TPSA) is 75.5 Å². The van der Waals surface area contributed by atoms with Gasteiger partial charge in [-0.15, -0.1) is 0 Å². The molecule has 4 fully saturated rings. The predicted molar refractivity (Wildman–Crippen MR) is 125 cm³/mol. The summed E-state index contributed by atoms with van der Waals surface area (Å²) < 4.78 is 1.07. The third-order valence-electron chi connectivity index (χ3n) is 8.85. The summed E-state index contributed by atoms with van der Waals surface area (Å²) in [5, 5.41) is 16.9. The molecule has 5 aliphatic heterocycles. The molecular formula is C27H25N3O3. The number of amides is 2. The molecule has 1 N–H and O–H groups in total. The molecule has 2 amide bonds. The van der Waals surface area contributed by atoms with E-state index in [0.717, 1.165) is 33.4 Å². The first kappa shape index (κ1) is 19.1. The molecule has 3 atom stereocenters. The van der Waals surface area contributed by atoms with Crippen LogP contribution in [0.3, 0.4) is 0 Å². The molecule has 8 rings (SSSR count). The van der Waals surface area contributed by atoms with Gasteiger partial charge in [-0.05, 0) is 56.4 Å². The fourth-order valence-electron chi connectivity index (χ4n) is 7.30. The number of fused-ring (bicyclic) bond motifs is 4. The number of carbonyl (C=O) groups is 2. The van der Waals surface area contributed by atoms with E-state index in [1.54, 1.807) is 0 Å². The highest BCUT2D eigenvalue weighted by Gasteiger charge is 2.73. The van der Waals surface area contributed by atoms with Crippen LogP contribution in [0.4, 0.5) is 5.69 Å². The second-order valence-electron chi connectivity index (χ2n) is 10.7. The first-order valence-electron chi connectivity index (χ1n) is 11.7. The van der Waals surface area contributed by atoms with Gasteiger partial charge in [0.2, 0.25) is 17.3 Å². The standard InChI is InChI=1S/C27H25N3O3/c1-25(2)21-15-26-11-6-12-29(26)24(32)27(21,28-23(26)31)14-19-18-10-9-17(16-7-4-3-5-8-16)13-20(18)30(33)22(19)25/h3-5,7-10,13-14,21H,6,11-12,15H2,1-2H3,(H,28,31)/t21?,26?,27-/m0/s1. The van der Waals surface area contributed by atoms with Crippen LogP contribution in [0.5, 0.6) is 0 Å². The Morgan fingerprint density at radius 2 is 1.88 bits per heavy atom. The number of rotatable bonds is 1. The third-order valence-corrected chi connectivity index (χ3v) is 8.85. The summed E-state index contributed by atoms with van der Waals surface area (Å²) in [5.41, 5.74) is 2.51. The first-order valence-corrected chi connectivity index (χ1v) is 11.7. The number of carbonyl (C=O) groups excluding carboxylic acids is 2. The van der Waals surface area contributed by atoms with Crippen LogP contribution >= 0.6 is 0 Å². The van der Waals surface area contributed by atoms with E-state index in [2.05, 4.69) is 19.2 Å². The molecule has 6 nitrogen and oxygen atoms in total. The maximum atomic E-state index is 13.8. The Labute approximate surface area is 192 Å². The van der Waals surface area contributed by atoms with E-state index in [1.165, 1.54) is 0 Å². The predicted octanol–water partition coefficient (Wildman–Crippen LogP) is 3.62. The van der Waals surface area contributed by atoms with Crippen LogP contribution in [0.15, 0.2) is 54.6 Å². The average molecular weight is 440 g/mol. The second kappa shape index (κ2) is 5.74. The number of hydrogen-bond acceptors (Lipinski definition) is 3. The Kier molecular flexibility index (Phi) is 3.32. The Morgan fingerprint density at radius 1 is 1.09 bits per heavy atom. The molecule has 2 bridgehead atoms. The van der Waals surface area contributed by atoms with E-state index in [0.29, 0.717) is 30.8 Å². The monoisotopic (exact) mass is 439 g/mol. The normalized spacial score (nSPS) is 32.7. The lowest BCUT2D eigenvalue weighted by molar-refractivity contribution is -0.362. The van der Waals surface area contributed by atoms with Gasteiger partial charge in [0.1, 0.15) is 11.1 Å². The van der Waals surface area contributed by atoms with Gasteiger partial charge in [0.05, 0.1) is 16.6 Å². The number of hydrogen-bond donors (Lipinski definition) is 1. The zero-order valence-corrected chi connectivity index (χ0v) is 18.7. The molecule has 0 saturated carbocycles. The summed E-state index contributed by atoms with van der Waals surface area (Å²) in [5.74, 6) is -0.214. The molecule has 2 spiro atoms. The lowest BCUT2D eigenvalue weighted by atomic mass is 9.51. The van der Waals surface area contributed by atoms with E-state index < -0.39 is 16.5 Å². The van der Waals surface area contributed by atoms with Crippen molar-refractivity contribution in [2.45, 2.75) is 44.2 Å². The third kappa shape index (κ3) is 2.04. The number of piperazine rings is 1. The summed E-state index contributed by atoms with van der Waals surface area (Å²) in [6, 6.07) is 15.9. The number of allylic oxidation sites excluding steroid dienone is 1. The number of nitrogens with one attached hydrogen (secondary N) is 1. The van der Waals surface area contributed by atoms with Gasteiger partial charge in [0.15, 0.2) is 0 Å². The Hall–Kier alpha value is -3.41. The van der Waals surface area contributed by atoms with Crippen molar-refractivity contribution >= 4 is 28.8 Å². The van der Waals surface area contributed by atoms with Crippen LogP contribution in [0.2, 0.25) is 0 Å². The molecule has 6 aliphatic rings. The molecule has 33 heavy (non-hydrogen) atoms. The molecular weight excluding hydrogens is 414 g/mol. The van der Waals surface area contributed by atoms with Crippen molar-refractivity contribution < 1.29 is 14.3 Å². The van der Waals surface area contributed by atoms with Crippen molar-refractivity contribution in [2.24, 2.45) is 11.3 Å². The largest absolute Gasteiger partial charge is 0.618 e. The van der Waals surface area contributed by atoms with Gasteiger partial charge in [-0.3, -0.25) is 9.59 Å². The Morgan fingerprint density at radius 3 is 2.67 bits per heavy atom. The summed E-state index contributed by atoms with van der Waals surface area (Å²) in [6.45, 7) is 4.75. The SMILES string of the molecule is CC1(C)C2=[N+]([O-])c3cc(-c4ccccc4)ccc3C2=C[C@@]23NC(=O)C4(CCCN4C2=O)CC13. The van der Waals surface area contributed by atoms with E-state index in [9.17, 15) is 14.8 Å². The van der Waals surface area contributed by atoms with Crippen molar-refractivity contribution in [3.8, 4) is 11.1 Å². The molecule has 6 heteroatoms. The van der Waals surface area contributed by atoms with Crippen molar-refractivity contribution in [2.75, 3.05) is 6.54 Å². The molecule has 2 aromatic rings. The van der Waals surface area contributed by atoms with Gasteiger partial charge in [0.25, 0.3) is 5.91 Å². The van der Waals surface area contributed by atoms with E-state index in [-0.39, 0.29) is 17.7 Å². The molecule has 166 valence electrons. The molecule has 1 aliphatic carbocycles. The molecule has 0 radical (unpaired) electrons. The molecule has 0 aromatic heterocycles. The summed E-state index contributed by atoms with van der Waals surface area (Å²) in [4.78, 5) is 28.9. The van der Waals surface area contributed by atoms with E-state index in [1.807, 2.05) is 59.5 Å². The summed E-state index contributed by atoms with van der Waals surface area (Å²) in [6.07, 6.45) is 4.04. The average Bonchev–Trinajstić information content (AvgIpc) is 3.36. The highest BCUT2D eigenvalue weighted by Crippen LogP contribution is 2.60. The van der Waals surface area contributed by atoms with Crippen molar-refractivity contribution in [1.29, 1.82) is 0 Å². The highest BCUT2D eigenvalue weighted by molar-refractivity contribution is 6.30. The highest BCUT2D eigenvalue weighted by atomic mass is 16.5. The molecule has 2 aromatic carbocycles. The summed E-state index contributed by atoms with van der Waals surface area (Å²) >= 11 is 0. The van der Waals surface area contributed by atoms with Crippen LogP contribution < -0.4 is 5.32 Å². The summed E-state index contributed by atoms with van der Waals surface area (Å²) in [7, 11) is 0. The molecule has 4 saturated heterocycles. The van der Waals surface area contributed by atoms with Gasteiger partial charge >= 0.3 is 0 Å². The Balaban J connectivity index is 1.46. The van der Waals surface area contributed by atoms with Crippen LogP contribution in [0.25, 0.3) is 16.7 Å². The van der Waals surface area contributed by atoms with Crippen LogP contribution in [-0.4, -0.2) is 44.8 Å². The zero-order valence-electron chi connectivity index (χ0n) is 18.7. The second-order valence-corrected chi connectivity index (χ2v) is 10.7. The van der Waals surface area contributed by atoms with E-state index in [4.69, 9.17) is 0 Å². The van der Waals surface area contributed by atoms with Crippen molar-refractivity contribution in [3.63, 3.8) is 0 Å². The molecule has 5 heterocycles. The van der Waals surface area contributed by atoms with Crippen molar-refractivity contribution in [3.05, 3.63) is 65.4 Å². The van der Waals surface area contributed by atoms with Crippen molar-refractivity contribution in [1.82, 2.24) is 10.2 Å². The fraction of sp³-hybridized carbons (Fsp3) is 0.370. The number of nitrogens with zero attached hydrogens (tertiary/aromatic N) is 2. The minimum atomic E-state index is -1.09. The number of benzene rings is 2. The lowest BCUT2D eigenvalue weighted by Gasteiger charge is -2.62. The minimum Gasteiger partial charge on any atom is -0.618 e.